The Labute approximate surface area is 98.5 Å². The first-order valence-electron chi connectivity index (χ1n) is 6.27. The van der Waals surface area contributed by atoms with Crippen LogP contribution in [0.25, 0.3) is 0 Å². The van der Waals surface area contributed by atoms with Gasteiger partial charge < -0.3 is 9.84 Å². The number of unbranched alkanes of at least 4 members (excludes halogenated alkanes) is 5. The minimum Gasteiger partial charge on any atom is -0.498 e. The Hall–Kier alpha value is -0.990. The minimum atomic E-state index is -0.922. The first-order chi connectivity index (χ1) is 7.70. The normalized spacial score (nSPS) is 11.5. The number of hydrogen-bond donors (Lipinski definition) is 1. The largest absolute Gasteiger partial charge is 0.498 e. The summed E-state index contributed by atoms with van der Waals surface area (Å²) < 4.78 is 5.26. The second-order valence-corrected chi connectivity index (χ2v) is 3.90. The molecule has 0 heterocycles. The van der Waals surface area contributed by atoms with Crippen LogP contribution in [0.2, 0.25) is 0 Å². The molecule has 0 aromatic heterocycles. The van der Waals surface area contributed by atoms with Gasteiger partial charge in [-0.15, -0.1) is 0 Å². The Morgan fingerprint density at radius 3 is 2.31 bits per heavy atom. The molecule has 0 bridgehead atoms. The SMILES string of the molecule is CCCCCCCCC(=CC(=O)O)OCC. The summed E-state index contributed by atoms with van der Waals surface area (Å²) in [7, 11) is 0. The third kappa shape index (κ3) is 9.56. The predicted molar refractivity (Wildman–Crippen MR) is 65.3 cm³/mol. The number of allylic oxidation sites excluding steroid dienone is 1. The second kappa shape index (κ2) is 10.5. The van der Waals surface area contributed by atoms with Crippen molar-refractivity contribution in [2.75, 3.05) is 6.61 Å². The zero-order chi connectivity index (χ0) is 12.2. The molecular weight excluding hydrogens is 204 g/mol. The smallest absolute Gasteiger partial charge is 0.331 e. The summed E-state index contributed by atoms with van der Waals surface area (Å²) in [5.41, 5.74) is 0. The summed E-state index contributed by atoms with van der Waals surface area (Å²) in [5.74, 6) is -0.320. The number of carboxylic acid groups (broad SMARTS) is 1. The van der Waals surface area contributed by atoms with E-state index in [9.17, 15) is 4.79 Å². The van der Waals surface area contributed by atoms with Crippen LogP contribution in [0.5, 0.6) is 0 Å². The van der Waals surface area contributed by atoms with Crippen molar-refractivity contribution in [3.63, 3.8) is 0 Å². The van der Waals surface area contributed by atoms with Crippen LogP contribution in [0.1, 0.15) is 58.8 Å². The first kappa shape index (κ1) is 15.0. The number of carbonyl (C=O) groups is 1. The molecule has 0 radical (unpaired) electrons. The van der Waals surface area contributed by atoms with Gasteiger partial charge in [-0.25, -0.2) is 4.79 Å². The molecule has 0 spiro atoms. The summed E-state index contributed by atoms with van der Waals surface area (Å²) >= 11 is 0. The van der Waals surface area contributed by atoms with E-state index in [-0.39, 0.29) is 0 Å². The van der Waals surface area contributed by atoms with E-state index in [1.165, 1.54) is 31.8 Å². The lowest BCUT2D eigenvalue weighted by Gasteiger charge is -2.07. The Morgan fingerprint density at radius 2 is 1.75 bits per heavy atom. The standard InChI is InChI=1S/C13H24O3/c1-3-5-6-7-8-9-10-12(16-4-2)11-13(14)15/h11H,3-10H2,1-2H3,(H,14,15). The van der Waals surface area contributed by atoms with Gasteiger partial charge in [-0.2, -0.15) is 0 Å². The molecule has 16 heavy (non-hydrogen) atoms. The van der Waals surface area contributed by atoms with Crippen LogP contribution in [0.3, 0.4) is 0 Å². The molecule has 3 heteroatoms. The summed E-state index contributed by atoms with van der Waals surface area (Å²) in [6.07, 6.45) is 9.16. The van der Waals surface area contributed by atoms with Crippen molar-refractivity contribution in [3.05, 3.63) is 11.8 Å². The summed E-state index contributed by atoms with van der Waals surface area (Å²) in [6.45, 7) is 4.61. The fourth-order valence-electron chi connectivity index (χ4n) is 1.59. The average Bonchev–Trinajstić information content (AvgIpc) is 2.22. The van der Waals surface area contributed by atoms with E-state index in [2.05, 4.69) is 6.92 Å². The molecule has 0 saturated heterocycles. The zero-order valence-electron chi connectivity index (χ0n) is 10.5. The highest BCUT2D eigenvalue weighted by Gasteiger charge is 2.01. The quantitative estimate of drug-likeness (QED) is 0.352. The highest BCUT2D eigenvalue weighted by Crippen LogP contribution is 2.12. The van der Waals surface area contributed by atoms with Gasteiger partial charge in [0, 0.05) is 6.42 Å². The Kier molecular flexibility index (Phi) is 9.87. The lowest BCUT2D eigenvalue weighted by atomic mass is 10.1. The van der Waals surface area contributed by atoms with E-state index in [1.54, 1.807) is 0 Å². The van der Waals surface area contributed by atoms with Crippen LogP contribution in [-0.4, -0.2) is 17.7 Å². The van der Waals surface area contributed by atoms with Crippen molar-refractivity contribution in [1.82, 2.24) is 0 Å². The van der Waals surface area contributed by atoms with Gasteiger partial charge in [0.2, 0.25) is 0 Å². The molecule has 0 aliphatic carbocycles. The Morgan fingerprint density at radius 1 is 1.12 bits per heavy atom. The maximum Gasteiger partial charge on any atom is 0.331 e. The number of carboxylic acids is 1. The summed E-state index contributed by atoms with van der Waals surface area (Å²) in [5, 5.41) is 8.63. The second-order valence-electron chi connectivity index (χ2n) is 3.90. The molecule has 0 atom stereocenters. The molecular formula is C13H24O3. The molecule has 0 unspecified atom stereocenters. The van der Waals surface area contributed by atoms with Crippen molar-refractivity contribution in [3.8, 4) is 0 Å². The number of hydrogen-bond acceptors (Lipinski definition) is 2. The van der Waals surface area contributed by atoms with E-state index in [1.807, 2.05) is 6.92 Å². The zero-order valence-corrected chi connectivity index (χ0v) is 10.5. The van der Waals surface area contributed by atoms with Crippen molar-refractivity contribution in [1.29, 1.82) is 0 Å². The molecule has 0 amide bonds. The van der Waals surface area contributed by atoms with Gasteiger partial charge in [0.1, 0.15) is 5.76 Å². The van der Waals surface area contributed by atoms with Gasteiger partial charge in [0.05, 0.1) is 12.7 Å². The minimum absolute atomic E-state index is 0.537. The van der Waals surface area contributed by atoms with E-state index in [0.717, 1.165) is 19.3 Å². The van der Waals surface area contributed by atoms with E-state index < -0.39 is 5.97 Å². The lowest BCUT2D eigenvalue weighted by Crippen LogP contribution is -1.97. The number of ether oxygens (including phenoxy) is 1. The number of rotatable bonds is 10. The van der Waals surface area contributed by atoms with Crippen LogP contribution in [0.4, 0.5) is 0 Å². The highest BCUT2D eigenvalue weighted by atomic mass is 16.5. The van der Waals surface area contributed by atoms with E-state index >= 15 is 0 Å². The Bertz CT molecular complexity index is 209. The van der Waals surface area contributed by atoms with Gasteiger partial charge in [-0.05, 0) is 13.3 Å². The van der Waals surface area contributed by atoms with Gasteiger partial charge in [0.25, 0.3) is 0 Å². The topological polar surface area (TPSA) is 46.5 Å². The van der Waals surface area contributed by atoms with Crippen molar-refractivity contribution >= 4 is 5.97 Å². The van der Waals surface area contributed by atoms with Crippen LogP contribution in [0, 0.1) is 0 Å². The molecule has 0 aliphatic rings. The Balaban J connectivity index is 3.64. The molecule has 3 nitrogen and oxygen atoms in total. The fourth-order valence-corrected chi connectivity index (χ4v) is 1.59. The molecule has 0 aromatic rings. The molecule has 94 valence electrons. The lowest BCUT2D eigenvalue weighted by molar-refractivity contribution is -0.131. The third-order valence-corrected chi connectivity index (χ3v) is 2.39. The molecule has 0 aliphatic heterocycles. The molecule has 0 saturated carbocycles. The van der Waals surface area contributed by atoms with Crippen LogP contribution >= 0.6 is 0 Å². The van der Waals surface area contributed by atoms with Crippen LogP contribution in [-0.2, 0) is 9.53 Å². The fraction of sp³-hybridized carbons (Fsp3) is 0.769. The molecule has 0 aromatic carbocycles. The summed E-state index contributed by atoms with van der Waals surface area (Å²) in [4.78, 5) is 10.5. The first-order valence-corrected chi connectivity index (χ1v) is 6.27. The molecule has 0 rings (SSSR count). The van der Waals surface area contributed by atoms with Crippen molar-refractivity contribution < 1.29 is 14.6 Å². The molecule has 0 fully saturated rings. The van der Waals surface area contributed by atoms with Gasteiger partial charge >= 0.3 is 5.97 Å². The molecule has 1 N–H and O–H groups in total. The maximum atomic E-state index is 10.5. The highest BCUT2D eigenvalue weighted by molar-refractivity contribution is 5.80. The monoisotopic (exact) mass is 228 g/mol. The summed E-state index contributed by atoms with van der Waals surface area (Å²) in [6, 6.07) is 0. The van der Waals surface area contributed by atoms with Gasteiger partial charge in [-0.1, -0.05) is 39.0 Å². The number of aliphatic carboxylic acids is 1. The van der Waals surface area contributed by atoms with Gasteiger partial charge in [0.15, 0.2) is 0 Å². The predicted octanol–water partition coefficient (Wildman–Crippen LogP) is 3.74. The van der Waals surface area contributed by atoms with Crippen LogP contribution in [0.15, 0.2) is 11.8 Å². The van der Waals surface area contributed by atoms with Crippen molar-refractivity contribution in [2.24, 2.45) is 0 Å². The van der Waals surface area contributed by atoms with E-state index in [0.29, 0.717) is 12.4 Å². The van der Waals surface area contributed by atoms with E-state index in [4.69, 9.17) is 9.84 Å². The van der Waals surface area contributed by atoms with Crippen molar-refractivity contribution in [2.45, 2.75) is 58.8 Å². The van der Waals surface area contributed by atoms with Gasteiger partial charge in [-0.3, -0.25) is 0 Å². The third-order valence-electron chi connectivity index (χ3n) is 2.39. The van der Waals surface area contributed by atoms with Crippen LogP contribution < -0.4 is 0 Å². The maximum absolute atomic E-state index is 10.5. The average molecular weight is 228 g/mol.